The van der Waals surface area contributed by atoms with Crippen molar-refractivity contribution in [3.05, 3.63) is 34.1 Å². The van der Waals surface area contributed by atoms with Crippen molar-refractivity contribution in [3.63, 3.8) is 0 Å². The molecule has 0 aliphatic heterocycles. The molecule has 0 amide bonds. The monoisotopic (exact) mass is 295 g/mol. The number of nitrogens with zero attached hydrogens (tertiary/aromatic N) is 1. The molecule has 19 heavy (non-hydrogen) atoms. The number of methoxy groups -OCH3 is 1. The van der Waals surface area contributed by atoms with E-state index in [-0.39, 0.29) is 5.56 Å². The van der Waals surface area contributed by atoms with Crippen molar-refractivity contribution in [1.29, 1.82) is 5.26 Å². The number of hydrogen-bond acceptors (Lipinski definition) is 3. The van der Waals surface area contributed by atoms with Crippen LogP contribution in [-0.4, -0.2) is 13.1 Å². The molecule has 0 fully saturated rings. The van der Waals surface area contributed by atoms with Crippen LogP contribution in [0.2, 0.25) is 5.02 Å². The predicted molar refractivity (Wildman–Crippen MR) is 56.8 cm³/mol. The highest BCUT2D eigenvalue weighted by molar-refractivity contribution is 6.32. The summed E-state index contributed by atoms with van der Waals surface area (Å²) in [6, 6.07) is 2.69. The molecule has 3 nitrogen and oxygen atoms in total. The van der Waals surface area contributed by atoms with Crippen molar-refractivity contribution in [1.82, 2.24) is 0 Å². The lowest BCUT2D eigenvalue weighted by atomic mass is 9.98. The summed E-state index contributed by atoms with van der Waals surface area (Å²) >= 11 is 5.45. The van der Waals surface area contributed by atoms with Gasteiger partial charge >= 0.3 is 12.1 Å². The van der Waals surface area contributed by atoms with Gasteiger partial charge in [0.1, 0.15) is 0 Å². The molecule has 0 saturated heterocycles. The Kier molecular flexibility index (Phi) is 4.37. The van der Waals surface area contributed by atoms with Gasteiger partial charge in [-0.25, -0.2) is 4.39 Å². The summed E-state index contributed by atoms with van der Waals surface area (Å²) in [4.78, 5) is 11.2. The molecule has 1 aromatic carbocycles. The molecular formula is C11H6ClF4NO2. The lowest BCUT2D eigenvalue weighted by Gasteiger charge is -2.13. The van der Waals surface area contributed by atoms with Gasteiger partial charge in [-0.05, 0) is 6.07 Å². The van der Waals surface area contributed by atoms with Gasteiger partial charge in [0.15, 0.2) is 11.7 Å². The molecule has 0 aromatic heterocycles. The van der Waals surface area contributed by atoms with Crippen molar-refractivity contribution in [3.8, 4) is 6.07 Å². The van der Waals surface area contributed by atoms with E-state index in [0.29, 0.717) is 6.07 Å². The fourth-order valence-electron chi connectivity index (χ4n) is 1.37. The van der Waals surface area contributed by atoms with Gasteiger partial charge in [0.25, 0.3) is 0 Å². The maximum Gasteiger partial charge on any atom is 0.419 e. The van der Waals surface area contributed by atoms with Crippen LogP contribution < -0.4 is 0 Å². The zero-order valence-electron chi connectivity index (χ0n) is 9.39. The topological polar surface area (TPSA) is 50.1 Å². The van der Waals surface area contributed by atoms with E-state index in [0.717, 1.165) is 13.2 Å². The highest BCUT2D eigenvalue weighted by Crippen LogP contribution is 2.37. The fourth-order valence-corrected chi connectivity index (χ4v) is 1.65. The second kappa shape index (κ2) is 5.45. The summed E-state index contributed by atoms with van der Waals surface area (Å²) in [6.07, 6.45) is -4.92. The van der Waals surface area contributed by atoms with E-state index in [2.05, 4.69) is 4.74 Å². The van der Waals surface area contributed by atoms with Crippen LogP contribution in [0, 0.1) is 17.1 Å². The molecule has 1 atom stereocenters. The van der Waals surface area contributed by atoms with Crippen molar-refractivity contribution >= 4 is 17.6 Å². The first-order chi connectivity index (χ1) is 8.73. The zero-order chi connectivity index (χ0) is 14.8. The van der Waals surface area contributed by atoms with E-state index < -0.39 is 34.5 Å². The minimum Gasteiger partial charge on any atom is -0.468 e. The third kappa shape index (κ3) is 2.96. The minimum absolute atomic E-state index is 0.374. The first-order valence-electron chi connectivity index (χ1n) is 4.76. The molecule has 0 radical (unpaired) electrons. The number of hydrogen-bond donors (Lipinski definition) is 0. The van der Waals surface area contributed by atoms with Crippen LogP contribution in [0.1, 0.15) is 17.0 Å². The average molecular weight is 296 g/mol. The van der Waals surface area contributed by atoms with Gasteiger partial charge < -0.3 is 4.74 Å². The molecule has 0 bridgehead atoms. The van der Waals surface area contributed by atoms with Crippen LogP contribution in [0.15, 0.2) is 12.1 Å². The third-order valence-electron chi connectivity index (χ3n) is 2.29. The van der Waals surface area contributed by atoms with E-state index >= 15 is 0 Å². The maximum atomic E-state index is 13.5. The van der Waals surface area contributed by atoms with Crippen LogP contribution >= 0.6 is 11.6 Å². The van der Waals surface area contributed by atoms with Gasteiger partial charge in [-0.1, -0.05) is 17.7 Å². The van der Waals surface area contributed by atoms with Gasteiger partial charge in [0, 0.05) is 5.56 Å². The summed E-state index contributed by atoms with van der Waals surface area (Å²) in [5, 5.41) is 7.85. The summed E-state index contributed by atoms with van der Waals surface area (Å²) in [6.45, 7) is 0. The standard InChI is InChI=1S/C11H6ClF4NO2/c1-19-10(18)6(4-17)5-2-3-7(11(14,15)16)9(13)8(5)12/h2-3,6H,1H3. The number of carbonyl (C=O) groups excluding carboxylic acids is 1. The van der Waals surface area contributed by atoms with Crippen LogP contribution in [0.4, 0.5) is 17.6 Å². The molecule has 0 aliphatic rings. The molecule has 1 rings (SSSR count). The SMILES string of the molecule is COC(=O)C(C#N)c1ccc(C(F)(F)F)c(F)c1Cl. The van der Waals surface area contributed by atoms with E-state index in [4.69, 9.17) is 16.9 Å². The number of rotatable bonds is 2. The quantitative estimate of drug-likeness (QED) is 0.621. The number of benzene rings is 1. The van der Waals surface area contributed by atoms with E-state index in [1.54, 1.807) is 0 Å². The first kappa shape index (κ1) is 15.2. The Morgan fingerprint density at radius 2 is 2.05 bits per heavy atom. The second-order valence-corrected chi connectivity index (χ2v) is 3.79. The van der Waals surface area contributed by atoms with Gasteiger partial charge in [-0.2, -0.15) is 18.4 Å². The Hall–Kier alpha value is -1.81. The molecule has 8 heteroatoms. The van der Waals surface area contributed by atoms with Gasteiger partial charge in [0.2, 0.25) is 0 Å². The molecule has 102 valence electrons. The second-order valence-electron chi connectivity index (χ2n) is 3.41. The normalized spacial score (nSPS) is 12.7. The van der Waals surface area contributed by atoms with Crippen molar-refractivity contribution in [2.45, 2.75) is 12.1 Å². The smallest absolute Gasteiger partial charge is 0.419 e. The number of ether oxygens (including phenoxy) is 1. The van der Waals surface area contributed by atoms with Gasteiger partial charge in [0.05, 0.1) is 23.8 Å². The third-order valence-corrected chi connectivity index (χ3v) is 2.68. The lowest BCUT2D eigenvalue weighted by Crippen LogP contribution is -2.15. The molecule has 0 spiro atoms. The molecule has 0 heterocycles. The molecule has 1 unspecified atom stereocenters. The molecule has 0 N–H and O–H groups in total. The Bertz CT molecular complexity index is 551. The zero-order valence-corrected chi connectivity index (χ0v) is 10.1. The van der Waals surface area contributed by atoms with Gasteiger partial charge in [-0.15, -0.1) is 0 Å². The van der Waals surface area contributed by atoms with Crippen LogP contribution in [0.3, 0.4) is 0 Å². The number of esters is 1. The highest BCUT2D eigenvalue weighted by atomic mass is 35.5. The first-order valence-corrected chi connectivity index (χ1v) is 5.14. The van der Waals surface area contributed by atoms with E-state index in [9.17, 15) is 22.4 Å². The fraction of sp³-hybridized carbons (Fsp3) is 0.273. The van der Waals surface area contributed by atoms with Crippen molar-refractivity contribution < 1.29 is 27.1 Å². The number of alkyl halides is 3. The van der Waals surface area contributed by atoms with Crippen molar-refractivity contribution in [2.24, 2.45) is 0 Å². The van der Waals surface area contributed by atoms with Gasteiger partial charge in [-0.3, -0.25) is 4.79 Å². The van der Waals surface area contributed by atoms with E-state index in [1.807, 2.05) is 0 Å². The van der Waals surface area contributed by atoms with Crippen LogP contribution in [0.25, 0.3) is 0 Å². The average Bonchev–Trinajstić information content (AvgIpc) is 2.33. The van der Waals surface area contributed by atoms with Crippen LogP contribution in [0.5, 0.6) is 0 Å². The van der Waals surface area contributed by atoms with Crippen molar-refractivity contribution in [2.75, 3.05) is 7.11 Å². The summed E-state index contributed by atoms with van der Waals surface area (Å²) < 4.78 is 55.0. The number of carbonyl (C=O) groups is 1. The molecule has 0 aliphatic carbocycles. The Labute approximate surface area is 110 Å². The summed E-state index contributed by atoms with van der Waals surface area (Å²) in [7, 11) is 0.987. The lowest BCUT2D eigenvalue weighted by molar-refractivity contribution is -0.141. The Morgan fingerprint density at radius 3 is 2.47 bits per heavy atom. The largest absolute Gasteiger partial charge is 0.468 e. The Morgan fingerprint density at radius 1 is 1.47 bits per heavy atom. The van der Waals surface area contributed by atoms with E-state index in [1.165, 1.54) is 6.07 Å². The highest BCUT2D eigenvalue weighted by Gasteiger charge is 2.37. The van der Waals surface area contributed by atoms with Crippen LogP contribution in [-0.2, 0) is 15.7 Å². The number of nitriles is 1. The molecule has 0 saturated carbocycles. The summed E-state index contributed by atoms with van der Waals surface area (Å²) in [5.74, 6) is -4.35. The predicted octanol–water partition coefficient (Wildman–Crippen LogP) is 3.28. The number of halogens is 5. The minimum atomic E-state index is -4.92. The Balaban J connectivity index is 3.39. The molecular weight excluding hydrogens is 290 g/mol. The summed E-state index contributed by atoms with van der Waals surface area (Å²) in [5.41, 5.74) is -1.94. The molecule has 1 aromatic rings. The maximum absolute atomic E-state index is 13.5.